The Morgan fingerprint density at radius 2 is 1.68 bits per heavy atom. The molecule has 3 aromatic heterocycles. The van der Waals surface area contributed by atoms with E-state index in [1.54, 1.807) is 18.5 Å². The zero-order chi connectivity index (χ0) is 23.7. The summed E-state index contributed by atoms with van der Waals surface area (Å²) in [4.78, 5) is 13.8. The van der Waals surface area contributed by atoms with Crippen LogP contribution in [0.3, 0.4) is 0 Å². The number of aryl methyl sites for hydroxylation is 4. The summed E-state index contributed by atoms with van der Waals surface area (Å²) in [5.41, 5.74) is 8.66. The first kappa shape index (κ1) is 21.9. The molecule has 0 spiro atoms. The summed E-state index contributed by atoms with van der Waals surface area (Å²) >= 11 is 0. The second-order valence-electron chi connectivity index (χ2n) is 8.52. The molecule has 6 heteroatoms. The molecule has 0 amide bonds. The van der Waals surface area contributed by atoms with Crippen LogP contribution in [-0.4, -0.2) is 19.4 Å². The van der Waals surface area contributed by atoms with E-state index in [4.69, 9.17) is 4.98 Å². The van der Waals surface area contributed by atoms with E-state index in [1.807, 2.05) is 22.9 Å². The van der Waals surface area contributed by atoms with Crippen molar-refractivity contribution in [2.45, 2.75) is 33.1 Å². The van der Waals surface area contributed by atoms with Gasteiger partial charge in [0.25, 0.3) is 6.43 Å². The number of alkyl halides is 2. The Hall–Kier alpha value is -3.93. The van der Waals surface area contributed by atoms with Gasteiger partial charge in [0.2, 0.25) is 0 Å². The number of imidazole rings is 1. The van der Waals surface area contributed by atoms with E-state index in [1.165, 1.54) is 17.7 Å². The highest BCUT2D eigenvalue weighted by molar-refractivity contribution is 5.66. The monoisotopic (exact) mass is 454 g/mol. The van der Waals surface area contributed by atoms with Gasteiger partial charge in [0.15, 0.2) is 5.65 Å². The van der Waals surface area contributed by atoms with Gasteiger partial charge >= 0.3 is 0 Å². The van der Waals surface area contributed by atoms with Crippen molar-refractivity contribution < 1.29 is 8.78 Å². The third kappa shape index (κ3) is 4.31. The second kappa shape index (κ2) is 9.14. The Kier molecular flexibility index (Phi) is 5.88. The van der Waals surface area contributed by atoms with Crippen LogP contribution in [0.5, 0.6) is 0 Å². The van der Waals surface area contributed by atoms with Crippen LogP contribution in [0.2, 0.25) is 0 Å². The molecule has 0 aliphatic rings. The van der Waals surface area contributed by atoms with Crippen LogP contribution in [-0.2, 0) is 12.8 Å². The molecule has 5 rings (SSSR count). The Bertz CT molecular complexity index is 1470. The van der Waals surface area contributed by atoms with E-state index in [2.05, 4.69) is 54.1 Å². The molecule has 0 aliphatic heterocycles. The number of rotatable bonds is 6. The van der Waals surface area contributed by atoms with Crippen molar-refractivity contribution in [3.63, 3.8) is 0 Å². The highest BCUT2D eigenvalue weighted by atomic mass is 19.3. The lowest BCUT2D eigenvalue weighted by Gasteiger charge is -2.09. The first-order chi connectivity index (χ1) is 16.5. The minimum absolute atomic E-state index is 0.00119. The first-order valence-electron chi connectivity index (χ1n) is 11.2. The van der Waals surface area contributed by atoms with Crippen molar-refractivity contribution in [1.82, 2.24) is 19.4 Å². The van der Waals surface area contributed by atoms with Crippen LogP contribution in [0.4, 0.5) is 8.78 Å². The molecule has 0 radical (unpaired) electrons. The summed E-state index contributed by atoms with van der Waals surface area (Å²) in [6.07, 6.45) is 6.16. The van der Waals surface area contributed by atoms with Crippen LogP contribution in [0, 0.1) is 13.8 Å². The summed E-state index contributed by atoms with van der Waals surface area (Å²) in [6, 6.07) is 17.0. The van der Waals surface area contributed by atoms with E-state index in [-0.39, 0.29) is 5.56 Å². The van der Waals surface area contributed by atoms with Crippen LogP contribution in [0.25, 0.3) is 28.2 Å². The standard InChI is InChI=1S/C28H24F2N4/c1-18-5-3-7-22(13-18)26-19(2)14-20(16-32-26)9-10-24-28-33-17-25(34(28)12-11-31-24)21-6-4-8-23(15-21)27(29)30/h3-8,11-17,27H,9-10H2,1-2H3. The van der Waals surface area contributed by atoms with Gasteiger partial charge in [0, 0.05) is 35.3 Å². The van der Waals surface area contributed by atoms with Crippen molar-refractivity contribution in [1.29, 1.82) is 0 Å². The van der Waals surface area contributed by atoms with Gasteiger partial charge in [-0.15, -0.1) is 0 Å². The van der Waals surface area contributed by atoms with Crippen molar-refractivity contribution in [2.24, 2.45) is 0 Å². The van der Waals surface area contributed by atoms with Crippen molar-refractivity contribution in [3.05, 3.63) is 107 Å². The Morgan fingerprint density at radius 3 is 2.47 bits per heavy atom. The normalized spacial score (nSPS) is 11.4. The SMILES string of the molecule is Cc1cccc(-c2ncc(CCc3nccn4c(-c5cccc(C(F)F)c5)cnc34)cc2C)c1. The molecular formula is C28H24F2N4. The van der Waals surface area contributed by atoms with E-state index < -0.39 is 6.43 Å². The average molecular weight is 455 g/mol. The minimum Gasteiger partial charge on any atom is -0.297 e. The molecule has 0 atom stereocenters. The van der Waals surface area contributed by atoms with Gasteiger partial charge in [-0.05, 0) is 49.9 Å². The van der Waals surface area contributed by atoms with E-state index in [9.17, 15) is 8.78 Å². The maximum atomic E-state index is 13.2. The Labute approximate surface area is 197 Å². The molecule has 170 valence electrons. The summed E-state index contributed by atoms with van der Waals surface area (Å²) in [5, 5.41) is 0. The fraction of sp³-hybridized carbons (Fsp3) is 0.179. The third-order valence-corrected chi connectivity index (χ3v) is 6.01. The van der Waals surface area contributed by atoms with Gasteiger partial charge in [0.1, 0.15) is 0 Å². The van der Waals surface area contributed by atoms with Crippen LogP contribution in [0.15, 0.2) is 79.4 Å². The first-order valence-corrected chi connectivity index (χ1v) is 11.2. The van der Waals surface area contributed by atoms with Gasteiger partial charge < -0.3 is 0 Å². The van der Waals surface area contributed by atoms with Gasteiger partial charge in [0.05, 0.1) is 23.3 Å². The van der Waals surface area contributed by atoms with Crippen molar-refractivity contribution in [2.75, 3.05) is 0 Å². The molecule has 34 heavy (non-hydrogen) atoms. The highest BCUT2D eigenvalue weighted by Gasteiger charge is 2.14. The molecule has 0 fully saturated rings. The number of fused-ring (bicyclic) bond motifs is 1. The molecule has 0 unspecified atom stereocenters. The van der Waals surface area contributed by atoms with Gasteiger partial charge in [-0.1, -0.05) is 48.0 Å². The van der Waals surface area contributed by atoms with Crippen molar-refractivity contribution >= 4 is 5.65 Å². The smallest absolute Gasteiger partial charge is 0.263 e. The number of aromatic nitrogens is 4. The predicted molar refractivity (Wildman–Crippen MR) is 130 cm³/mol. The average Bonchev–Trinajstić information content (AvgIpc) is 3.28. The lowest BCUT2D eigenvalue weighted by molar-refractivity contribution is 0.151. The van der Waals surface area contributed by atoms with Gasteiger partial charge in [-0.3, -0.25) is 14.4 Å². The quantitative estimate of drug-likeness (QED) is 0.283. The molecular weight excluding hydrogens is 430 g/mol. The molecule has 2 aromatic carbocycles. The van der Waals surface area contributed by atoms with Crippen LogP contribution >= 0.6 is 0 Å². The number of halogens is 2. The van der Waals surface area contributed by atoms with Crippen molar-refractivity contribution in [3.8, 4) is 22.5 Å². The number of pyridine rings is 1. The molecule has 0 aliphatic carbocycles. The van der Waals surface area contributed by atoms with E-state index >= 15 is 0 Å². The number of nitrogens with zero attached hydrogens (tertiary/aromatic N) is 4. The number of hydrogen-bond donors (Lipinski definition) is 0. The molecule has 4 nitrogen and oxygen atoms in total. The zero-order valence-electron chi connectivity index (χ0n) is 19.0. The fourth-order valence-corrected chi connectivity index (χ4v) is 4.32. The zero-order valence-corrected chi connectivity index (χ0v) is 19.0. The lowest BCUT2D eigenvalue weighted by Crippen LogP contribution is -2.01. The van der Waals surface area contributed by atoms with Crippen LogP contribution < -0.4 is 0 Å². The van der Waals surface area contributed by atoms with Gasteiger partial charge in [-0.2, -0.15) is 0 Å². The highest BCUT2D eigenvalue weighted by Crippen LogP contribution is 2.27. The van der Waals surface area contributed by atoms with E-state index in [0.29, 0.717) is 12.0 Å². The maximum Gasteiger partial charge on any atom is 0.263 e. The Morgan fingerprint density at radius 1 is 0.853 bits per heavy atom. The molecule has 0 bridgehead atoms. The van der Waals surface area contributed by atoms with Crippen LogP contribution in [0.1, 0.15) is 34.4 Å². The topological polar surface area (TPSA) is 43.1 Å². The third-order valence-electron chi connectivity index (χ3n) is 6.01. The largest absolute Gasteiger partial charge is 0.297 e. The Balaban J connectivity index is 1.39. The second-order valence-corrected chi connectivity index (χ2v) is 8.52. The summed E-state index contributed by atoms with van der Waals surface area (Å²) in [7, 11) is 0. The molecule has 0 saturated heterocycles. The van der Waals surface area contributed by atoms with E-state index in [0.717, 1.165) is 45.8 Å². The molecule has 3 heterocycles. The number of hydrogen-bond acceptors (Lipinski definition) is 3. The summed E-state index contributed by atoms with van der Waals surface area (Å²) < 4.78 is 28.2. The summed E-state index contributed by atoms with van der Waals surface area (Å²) in [5.74, 6) is 0. The number of benzene rings is 2. The fourth-order valence-electron chi connectivity index (χ4n) is 4.32. The predicted octanol–water partition coefficient (Wildman–Crippen LogP) is 6.80. The maximum absolute atomic E-state index is 13.2. The molecule has 0 saturated carbocycles. The minimum atomic E-state index is -2.51. The molecule has 0 N–H and O–H groups in total. The summed E-state index contributed by atoms with van der Waals surface area (Å²) in [6.45, 7) is 4.17. The molecule has 5 aromatic rings. The van der Waals surface area contributed by atoms with Gasteiger partial charge in [-0.25, -0.2) is 13.8 Å². The lowest BCUT2D eigenvalue weighted by atomic mass is 10.0.